The molecule has 0 heterocycles. The molecule has 0 amide bonds. The number of alkyl halides is 3. The maximum absolute atomic E-state index is 13.3. The fourth-order valence-corrected chi connectivity index (χ4v) is 1.61. The molecule has 0 aromatic heterocycles. The van der Waals surface area contributed by atoms with Crippen LogP contribution in [0.5, 0.6) is 5.75 Å². The molecule has 19 heavy (non-hydrogen) atoms. The van der Waals surface area contributed by atoms with E-state index in [9.17, 15) is 22.4 Å². The lowest BCUT2D eigenvalue weighted by atomic mass is 10.1. The minimum Gasteiger partial charge on any atom is -0.478 e. The largest absolute Gasteiger partial charge is 0.478 e. The van der Waals surface area contributed by atoms with Crippen molar-refractivity contribution >= 4 is 21.9 Å². The molecule has 0 spiro atoms. The van der Waals surface area contributed by atoms with Crippen LogP contribution in [0, 0.1) is 5.82 Å². The number of aliphatic carboxylic acids is 1. The Morgan fingerprint density at radius 1 is 1.53 bits per heavy atom. The summed E-state index contributed by atoms with van der Waals surface area (Å²) >= 11 is 2.73. The van der Waals surface area contributed by atoms with E-state index in [-0.39, 0.29) is 4.47 Å². The smallest absolute Gasteiger partial charge is 0.347 e. The van der Waals surface area contributed by atoms with Gasteiger partial charge in [0.2, 0.25) is 6.10 Å². The first-order valence-corrected chi connectivity index (χ1v) is 5.79. The van der Waals surface area contributed by atoms with Crippen LogP contribution in [-0.2, 0) is 10.7 Å². The zero-order valence-corrected chi connectivity index (χ0v) is 11.2. The van der Waals surface area contributed by atoms with Crippen molar-refractivity contribution in [3.63, 3.8) is 0 Å². The number of carboxylic acids is 1. The second kappa shape index (κ2) is 5.77. The normalized spacial score (nSPS) is 13.2. The number of carbonyl (C=O) groups is 1. The Bertz CT molecular complexity index is 488. The number of hydrogen-bond acceptors (Lipinski definition) is 2. The van der Waals surface area contributed by atoms with Gasteiger partial charge in [0.1, 0.15) is 18.2 Å². The standard InChI is InChI=1S/C11H9BrF4O3/c1-11(15,16)5-2-6(12)7(14)3-8(5)19-9(4-13)10(17)18/h2-3,9H,4H2,1H3,(H,17,18)/t9-/m0/s1. The van der Waals surface area contributed by atoms with Crippen molar-refractivity contribution in [1.82, 2.24) is 0 Å². The molecule has 0 radical (unpaired) electrons. The molecule has 106 valence electrons. The molecule has 0 aliphatic rings. The number of halogens is 5. The number of rotatable bonds is 5. The Balaban J connectivity index is 3.25. The van der Waals surface area contributed by atoms with Gasteiger partial charge in [0.15, 0.2) is 0 Å². The van der Waals surface area contributed by atoms with E-state index >= 15 is 0 Å². The van der Waals surface area contributed by atoms with Crippen LogP contribution in [-0.4, -0.2) is 23.9 Å². The van der Waals surface area contributed by atoms with Crippen LogP contribution in [0.25, 0.3) is 0 Å². The summed E-state index contributed by atoms with van der Waals surface area (Å²) in [7, 11) is 0. The average Bonchev–Trinajstić information content (AvgIpc) is 2.28. The fourth-order valence-electron chi connectivity index (χ4n) is 1.27. The zero-order valence-electron chi connectivity index (χ0n) is 9.59. The van der Waals surface area contributed by atoms with Crippen LogP contribution in [0.15, 0.2) is 16.6 Å². The summed E-state index contributed by atoms with van der Waals surface area (Å²) in [5, 5.41) is 8.60. The van der Waals surface area contributed by atoms with Crippen molar-refractivity contribution in [2.24, 2.45) is 0 Å². The van der Waals surface area contributed by atoms with Gasteiger partial charge in [0.05, 0.1) is 10.0 Å². The molecule has 0 bridgehead atoms. The maximum atomic E-state index is 13.3. The van der Waals surface area contributed by atoms with Gasteiger partial charge in [-0.1, -0.05) is 0 Å². The highest BCUT2D eigenvalue weighted by Crippen LogP contribution is 2.38. The van der Waals surface area contributed by atoms with Gasteiger partial charge in [-0.3, -0.25) is 0 Å². The minimum atomic E-state index is -3.40. The minimum absolute atomic E-state index is 0.233. The number of ether oxygens (including phenoxy) is 1. The molecule has 1 aromatic carbocycles. The molecule has 0 fully saturated rings. The second-order valence-corrected chi connectivity index (χ2v) is 4.60. The highest BCUT2D eigenvalue weighted by molar-refractivity contribution is 9.10. The number of benzene rings is 1. The van der Waals surface area contributed by atoms with Crippen LogP contribution < -0.4 is 4.74 Å². The lowest BCUT2D eigenvalue weighted by Gasteiger charge is -2.19. The number of carboxylic acid groups (broad SMARTS) is 1. The summed E-state index contributed by atoms with van der Waals surface area (Å²) < 4.78 is 56.7. The molecule has 8 heteroatoms. The van der Waals surface area contributed by atoms with Gasteiger partial charge in [-0.15, -0.1) is 0 Å². The molecule has 0 unspecified atom stereocenters. The molecule has 1 rings (SSSR count). The highest BCUT2D eigenvalue weighted by atomic mass is 79.9. The Morgan fingerprint density at radius 3 is 2.53 bits per heavy atom. The summed E-state index contributed by atoms with van der Waals surface area (Å²) in [5.74, 6) is -6.70. The molecule has 3 nitrogen and oxygen atoms in total. The van der Waals surface area contributed by atoms with Gasteiger partial charge in [0, 0.05) is 13.0 Å². The van der Waals surface area contributed by atoms with Crippen LogP contribution in [0.2, 0.25) is 0 Å². The molecule has 1 atom stereocenters. The average molecular weight is 345 g/mol. The Morgan fingerprint density at radius 2 is 2.11 bits per heavy atom. The van der Waals surface area contributed by atoms with Crippen LogP contribution in [0.1, 0.15) is 12.5 Å². The summed E-state index contributed by atoms with van der Waals surface area (Å²) in [6.07, 6.45) is -1.97. The van der Waals surface area contributed by atoms with Gasteiger partial charge in [-0.25, -0.2) is 22.4 Å². The second-order valence-electron chi connectivity index (χ2n) is 3.75. The van der Waals surface area contributed by atoms with Gasteiger partial charge >= 0.3 is 5.97 Å². The Labute approximate surface area is 114 Å². The monoisotopic (exact) mass is 344 g/mol. The van der Waals surface area contributed by atoms with E-state index in [0.717, 1.165) is 6.07 Å². The fraction of sp³-hybridized carbons (Fsp3) is 0.364. The van der Waals surface area contributed by atoms with E-state index in [1.54, 1.807) is 0 Å². The third-order valence-corrected chi connectivity index (χ3v) is 2.79. The van der Waals surface area contributed by atoms with Crippen molar-refractivity contribution in [2.45, 2.75) is 19.0 Å². The van der Waals surface area contributed by atoms with Gasteiger partial charge < -0.3 is 9.84 Å². The van der Waals surface area contributed by atoms with Gasteiger partial charge in [-0.05, 0) is 22.0 Å². The van der Waals surface area contributed by atoms with Crippen molar-refractivity contribution in [1.29, 1.82) is 0 Å². The van der Waals surface area contributed by atoms with Gasteiger partial charge in [-0.2, -0.15) is 0 Å². The highest BCUT2D eigenvalue weighted by Gasteiger charge is 2.32. The topological polar surface area (TPSA) is 46.5 Å². The quantitative estimate of drug-likeness (QED) is 0.831. The van der Waals surface area contributed by atoms with Crippen LogP contribution in [0.3, 0.4) is 0 Å². The van der Waals surface area contributed by atoms with Crippen molar-refractivity contribution in [3.8, 4) is 5.75 Å². The first kappa shape index (κ1) is 15.7. The summed E-state index contributed by atoms with van der Waals surface area (Å²) in [6.45, 7) is -0.896. The zero-order chi connectivity index (χ0) is 14.8. The lowest BCUT2D eigenvalue weighted by Crippen LogP contribution is -2.30. The summed E-state index contributed by atoms with van der Waals surface area (Å²) in [4.78, 5) is 10.6. The molecule has 1 N–H and O–H groups in total. The molecule has 0 aliphatic heterocycles. The van der Waals surface area contributed by atoms with Gasteiger partial charge in [0.25, 0.3) is 5.92 Å². The predicted octanol–water partition coefficient (Wildman–Crippen LogP) is 3.50. The van der Waals surface area contributed by atoms with E-state index in [1.165, 1.54) is 0 Å². The first-order valence-electron chi connectivity index (χ1n) is 4.99. The molecule has 1 aromatic rings. The molecule has 0 aliphatic carbocycles. The Kier molecular flexibility index (Phi) is 4.78. The maximum Gasteiger partial charge on any atom is 0.347 e. The molecule has 0 saturated carbocycles. The van der Waals surface area contributed by atoms with Crippen LogP contribution in [0.4, 0.5) is 17.6 Å². The third kappa shape index (κ3) is 3.82. The van der Waals surface area contributed by atoms with E-state index < -0.39 is 41.8 Å². The summed E-state index contributed by atoms with van der Waals surface area (Å²) in [5.41, 5.74) is -0.736. The van der Waals surface area contributed by atoms with E-state index in [0.29, 0.717) is 13.0 Å². The predicted molar refractivity (Wildman–Crippen MR) is 61.7 cm³/mol. The Hall–Kier alpha value is -1.31. The SMILES string of the molecule is CC(F)(F)c1cc(Br)c(F)cc1O[C@@H](CF)C(=O)O. The van der Waals surface area contributed by atoms with E-state index in [4.69, 9.17) is 5.11 Å². The van der Waals surface area contributed by atoms with Crippen molar-refractivity contribution < 1.29 is 32.2 Å². The third-order valence-electron chi connectivity index (χ3n) is 2.18. The number of hydrogen-bond donors (Lipinski definition) is 1. The van der Waals surface area contributed by atoms with E-state index in [1.807, 2.05) is 0 Å². The lowest BCUT2D eigenvalue weighted by molar-refractivity contribution is -0.145. The van der Waals surface area contributed by atoms with E-state index in [2.05, 4.69) is 20.7 Å². The molecule has 0 saturated heterocycles. The van der Waals surface area contributed by atoms with Crippen LogP contribution >= 0.6 is 15.9 Å². The molecular formula is C11H9BrF4O3. The molecular weight excluding hydrogens is 336 g/mol. The first-order chi connectivity index (χ1) is 8.66. The van der Waals surface area contributed by atoms with Crippen molar-refractivity contribution in [3.05, 3.63) is 28.0 Å². The summed E-state index contributed by atoms with van der Waals surface area (Å²) in [6, 6.07) is 1.35. The van der Waals surface area contributed by atoms with Crippen molar-refractivity contribution in [2.75, 3.05) is 6.67 Å².